The van der Waals surface area contributed by atoms with Crippen LogP contribution in [0.4, 0.5) is 10.1 Å². The molecule has 0 saturated heterocycles. The van der Waals surface area contributed by atoms with E-state index >= 15 is 0 Å². The van der Waals surface area contributed by atoms with E-state index in [0.29, 0.717) is 10.9 Å². The second-order valence-electron chi connectivity index (χ2n) is 5.83. The van der Waals surface area contributed by atoms with Crippen LogP contribution in [0.5, 0.6) is 0 Å². The number of aliphatic imine (C=N–C) groups is 1. The topological polar surface area (TPSA) is 61.8 Å². The third kappa shape index (κ3) is 4.25. The summed E-state index contributed by atoms with van der Waals surface area (Å²) in [6.07, 6.45) is 1.69. The monoisotopic (exact) mass is 383 g/mol. The van der Waals surface area contributed by atoms with Crippen molar-refractivity contribution in [2.24, 2.45) is 4.99 Å². The molecule has 1 heterocycles. The van der Waals surface area contributed by atoms with Crippen molar-refractivity contribution in [2.75, 3.05) is 11.9 Å². The van der Waals surface area contributed by atoms with Crippen LogP contribution in [0.3, 0.4) is 0 Å². The maximum Gasteiger partial charge on any atom is 0.283 e. The van der Waals surface area contributed by atoms with Crippen molar-refractivity contribution in [3.8, 4) is 0 Å². The van der Waals surface area contributed by atoms with Gasteiger partial charge in [-0.05, 0) is 42.8 Å². The number of hydrogen-bond acceptors (Lipinski definition) is 4. The van der Waals surface area contributed by atoms with Gasteiger partial charge >= 0.3 is 0 Å². The molecule has 0 spiro atoms. The quantitative estimate of drug-likeness (QED) is 0.823. The standard InChI is InChI=1S/C20H18FN3O2S/c1-13(18(25)22-2)27-20-23-17(12-14-6-4-3-5-7-14)19(26)24(20)16-10-8-15(21)9-11-16/h3-13H,1-2H3,(H,22,25)/b17-12-/t13-/m1/s1. The molecule has 1 aliphatic rings. The van der Waals surface area contributed by atoms with Gasteiger partial charge in [0.25, 0.3) is 5.91 Å². The molecule has 7 heteroatoms. The van der Waals surface area contributed by atoms with Crippen LogP contribution in [0.1, 0.15) is 12.5 Å². The molecule has 1 atom stereocenters. The van der Waals surface area contributed by atoms with Gasteiger partial charge in [0.1, 0.15) is 11.5 Å². The molecule has 3 rings (SSSR count). The van der Waals surface area contributed by atoms with Crippen LogP contribution in [-0.2, 0) is 9.59 Å². The fraction of sp³-hybridized carbons (Fsp3) is 0.150. The molecule has 1 N–H and O–H groups in total. The van der Waals surface area contributed by atoms with Crippen LogP contribution in [0, 0.1) is 5.82 Å². The van der Waals surface area contributed by atoms with E-state index in [4.69, 9.17) is 0 Å². The lowest BCUT2D eigenvalue weighted by Crippen LogP contribution is -2.34. The van der Waals surface area contributed by atoms with Gasteiger partial charge in [-0.25, -0.2) is 9.38 Å². The van der Waals surface area contributed by atoms with Gasteiger partial charge in [0.2, 0.25) is 5.91 Å². The number of carbonyl (C=O) groups excluding carboxylic acids is 2. The number of nitrogens with zero attached hydrogens (tertiary/aromatic N) is 2. The zero-order chi connectivity index (χ0) is 19.4. The Labute approximate surface area is 161 Å². The van der Waals surface area contributed by atoms with Crippen molar-refractivity contribution in [2.45, 2.75) is 12.2 Å². The molecule has 0 unspecified atom stereocenters. The maximum atomic E-state index is 13.3. The number of thioether (sulfide) groups is 1. The third-order valence-electron chi connectivity index (χ3n) is 3.92. The van der Waals surface area contributed by atoms with E-state index in [1.54, 1.807) is 20.0 Å². The van der Waals surface area contributed by atoms with Crippen LogP contribution >= 0.6 is 11.8 Å². The molecule has 27 heavy (non-hydrogen) atoms. The van der Waals surface area contributed by atoms with E-state index in [2.05, 4.69) is 10.3 Å². The van der Waals surface area contributed by atoms with Crippen LogP contribution in [0.2, 0.25) is 0 Å². The lowest BCUT2D eigenvalue weighted by atomic mass is 10.2. The van der Waals surface area contributed by atoms with Crippen molar-refractivity contribution in [3.63, 3.8) is 0 Å². The first kappa shape index (κ1) is 18.8. The zero-order valence-electron chi connectivity index (χ0n) is 14.8. The van der Waals surface area contributed by atoms with E-state index in [9.17, 15) is 14.0 Å². The summed E-state index contributed by atoms with van der Waals surface area (Å²) in [5.74, 6) is -0.887. The average Bonchev–Trinajstić information content (AvgIpc) is 2.97. The van der Waals surface area contributed by atoms with Crippen molar-refractivity contribution >= 4 is 40.5 Å². The molecule has 5 nitrogen and oxygen atoms in total. The van der Waals surface area contributed by atoms with E-state index in [-0.39, 0.29) is 17.5 Å². The number of nitrogens with one attached hydrogen (secondary N) is 1. The Morgan fingerprint density at radius 2 is 1.85 bits per heavy atom. The highest BCUT2D eigenvalue weighted by atomic mass is 32.2. The van der Waals surface area contributed by atoms with Gasteiger partial charge in [0, 0.05) is 7.05 Å². The number of rotatable bonds is 4. The number of halogens is 1. The van der Waals surface area contributed by atoms with Crippen LogP contribution < -0.4 is 10.2 Å². The van der Waals surface area contributed by atoms with E-state index in [1.165, 1.54) is 40.9 Å². The number of benzene rings is 2. The minimum Gasteiger partial charge on any atom is -0.358 e. The predicted molar refractivity (Wildman–Crippen MR) is 107 cm³/mol. The summed E-state index contributed by atoms with van der Waals surface area (Å²) in [6, 6.07) is 15.0. The van der Waals surface area contributed by atoms with Gasteiger partial charge in [0.15, 0.2) is 5.17 Å². The summed E-state index contributed by atoms with van der Waals surface area (Å²) in [5, 5.41) is 2.52. The van der Waals surface area contributed by atoms with Crippen LogP contribution in [-0.4, -0.2) is 29.3 Å². The number of hydrogen-bond donors (Lipinski definition) is 1. The first-order valence-electron chi connectivity index (χ1n) is 8.33. The molecule has 2 aromatic carbocycles. The van der Waals surface area contributed by atoms with Crippen molar-refractivity contribution in [3.05, 3.63) is 71.7 Å². The first-order valence-corrected chi connectivity index (χ1v) is 9.21. The summed E-state index contributed by atoms with van der Waals surface area (Å²) < 4.78 is 13.3. The molecule has 2 amide bonds. The fourth-order valence-corrected chi connectivity index (χ4v) is 3.50. The van der Waals surface area contributed by atoms with Gasteiger partial charge < -0.3 is 5.32 Å². The minimum atomic E-state index is -0.444. The molecule has 0 aromatic heterocycles. The van der Waals surface area contributed by atoms with Crippen molar-refractivity contribution in [1.29, 1.82) is 0 Å². The summed E-state index contributed by atoms with van der Waals surface area (Å²) in [6.45, 7) is 1.73. The summed E-state index contributed by atoms with van der Waals surface area (Å²) in [7, 11) is 1.56. The Morgan fingerprint density at radius 3 is 2.48 bits per heavy atom. The van der Waals surface area contributed by atoms with Crippen molar-refractivity contribution in [1.82, 2.24) is 5.32 Å². The molecular weight excluding hydrogens is 365 g/mol. The second-order valence-corrected chi connectivity index (χ2v) is 7.13. The van der Waals surface area contributed by atoms with Gasteiger partial charge in [0.05, 0.1) is 10.9 Å². The molecule has 1 aliphatic heterocycles. The highest BCUT2D eigenvalue weighted by molar-refractivity contribution is 8.15. The zero-order valence-corrected chi connectivity index (χ0v) is 15.7. The van der Waals surface area contributed by atoms with Gasteiger partial charge in [-0.1, -0.05) is 42.1 Å². The molecule has 138 valence electrons. The van der Waals surface area contributed by atoms with E-state index in [0.717, 1.165) is 5.56 Å². The minimum absolute atomic E-state index is 0.172. The Morgan fingerprint density at radius 1 is 1.19 bits per heavy atom. The predicted octanol–water partition coefficient (Wildman–Crippen LogP) is 3.44. The number of amides is 2. The van der Waals surface area contributed by atoms with Gasteiger partial charge in [-0.2, -0.15) is 0 Å². The Hall–Kier alpha value is -2.93. The summed E-state index contributed by atoms with van der Waals surface area (Å²) >= 11 is 1.17. The van der Waals surface area contributed by atoms with Gasteiger partial charge in [-0.3, -0.25) is 14.5 Å². The lowest BCUT2D eigenvalue weighted by Gasteiger charge is -2.19. The SMILES string of the molecule is CNC(=O)[C@@H](C)SC1=N/C(=C\c2ccccc2)C(=O)N1c1ccc(F)cc1. The smallest absolute Gasteiger partial charge is 0.283 e. The first-order chi connectivity index (χ1) is 13.0. The van der Waals surface area contributed by atoms with Gasteiger partial charge in [-0.15, -0.1) is 0 Å². The molecule has 2 aromatic rings. The fourth-order valence-electron chi connectivity index (χ4n) is 2.52. The second kappa shape index (κ2) is 8.18. The maximum absolute atomic E-state index is 13.3. The Kier molecular flexibility index (Phi) is 5.71. The number of anilines is 1. The molecule has 0 aliphatic carbocycles. The lowest BCUT2D eigenvalue weighted by molar-refractivity contribution is -0.119. The highest BCUT2D eigenvalue weighted by Crippen LogP contribution is 2.31. The van der Waals surface area contributed by atoms with Crippen LogP contribution in [0.25, 0.3) is 6.08 Å². The number of amidine groups is 1. The molecule has 0 bridgehead atoms. The average molecular weight is 383 g/mol. The van der Waals surface area contributed by atoms with E-state index in [1.807, 2.05) is 30.3 Å². The largest absolute Gasteiger partial charge is 0.358 e. The molecule has 0 fully saturated rings. The normalized spacial score (nSPS) is 16.4. The Bertz CT molecular complexity index is 911. The van der Waals surface area contributed by atoms with E-state index < -0.39 is 11.1 Å². The van der Waals surface area contributed by atoms with Crippen molar-refractivity contribution < 1.29 is 14.0 Å². The molecular formula is C20H18FN3O2S. The molecule has 0 saturated carbocycles. The van der Waals surface area contributed by atoms with Crippen LogP contribution in [0.15, 0.2) is 65.3 Å². The third-order valence-corrected chi connectivity index (χ3v) is 4.97. The Balaban J connectivity index is 1.98. The number of carbonyl (C=O) groups is 2. The summed E-state index contributed by atoms with van der Waals surface area (Å²) in [5.41, 5.74) is 1.60. The summed E-state index contributed by atoms with van der Waals surface area (Å²) in [4.78, 5) is 30.7. The molecule has 0 radical (unpaired) electrons. The highest BCUT2D eigenvalue weighted by Gasteiger charge is 2.34.